The third-order valence-corrected chi connectivity index (χ3v) is 17.4. The highest BCUT2D eigenvalue weighted by Gasteiger charge is 2.25. The van der Waals surface area contributed by atoms with E-state index in [4.69, 9.17) is 0 Å². The molecule has 0 spiro atoms. The Bertz CT molecular complexity index is 5000. The van der Waals surface area contributed by atoms with Gasteiger partial charge in [-0.2, -0.15) is 0 Å². The van der Waals surface area contributed by atoms with E-state index in [2.05, 4.69) is 322 Å². The van der Waals surface area contributed by atoms with Gasteiger partial charge >= 0.3 is 0 Å². The van der Waals surface area contributed by atoms with Crippen molar-refractivity contribution < 1.29 is 0 Å². The number of anilines is 6. The summed E-state index contributed by atoms with van der Waals surface area (Å²) in [7, 11) is 0. The molecular formula is C76H50N4S. The predicted octanol–water partition coefficient (Wildman–Crippen LogP) is 21.7. The van der Waals surface area contributed by atoms with Gasteiger partial charge in [-0.3, -0.25) is 0 Å². The average molecular weight is 1050 g/mol. The number of benzene rings is 13. The molecule has 0 fully saturated rings. The fraction of sp³-hybridized carbons (Fsp3) is 0. The standard InChI is InChI=1S/C76H50N4S/c1-6-24-55(25-7-1)77(56-26-8-2-9-27-56)61-49-69-68-48-53(52-41-44-71-67(47-52)66-43-40-51-22-16-17-35-62(51)74(66)80(71)59-32-14-5-15-33-59)42-45-73(68)81-76(69)72(50-61)78(57-28-10-3-11-29-57)60-34-20-23-54(46-60)63-37-21-38-65-64-36-18-19-39-70(64)79(75(63)65)58-30-12-4-13-31-58/h1-50H. The van der Waals surface area contributed by atoms with Gasteiger partial charge in [0, 0.05) is 87.8 Å². The molecule has 16 rings (SSSR count). The van der Waals surface area contributed by atoms with Crippen molar-refractivity contribution in [3.63, 3.8) is 0 Å². The highest BCUT2D eigenvalue weighted by atomic mass is 32.1. The molecule has 0 saturated heterocycles. The van der Waals surface area contributed by atoms with E-state index >= 15 is 0 Å². The molecule has 380 valence electrons. The molecule has 0 aliphatic carbocycles. The van der Waals surface area contributed by atoms with Crippen molar-refractivity contribution in [1.82, 2.24) is 9.13 Å². The third-order valence-electron chi connectivity index (χ3n) is 16.2. The van der Waals surface area contributed by atoms with E-state index in [0.717, 1.165) is 51.1 Å². The van der Waals surface area contributed by atoms with Crippen LogP contribution in [-0.2, 0) is 0 Å². The molecule has 0 atom stereocenters. The lowest BCUT2D eigenvalue weighted by Gasteiger charge is -2.30. The summed E-state index contributed by atoms with van der Waals surface area (Å²) < 4.78 is 7.32. The van der Waals surface area contributed by atoms with E-state index in [1.54, 1.807) is 0 Å². The number of aromatic nitrogens is 2. The van der Waals surface area contributed by atoms with E-state index in [1.165, 1.54) is 91.2 Å². The lowest BCUT2D eigenvalue weighted by molar-refractivity contribution is 1.18. The number of hydrogen-bond acceptors (Lipinski definition) is 3. The van der Waals surface area contributed by atoms with Gasteiger partial charge < -0.3 is 18.9 Å². The topological polar surface area (TPSA) is 16.3 Å². The first-order valence-electron chi connectivity index (χ1n) is 27.7. The van der Waals surface area contributed by atoms with E-state index in [1.807, 2.05) is 11.3 Å². The minimum absolute atomic E-state index is 1.07. The maximum Gasteiger partial charge on any atom is 0.0661 e. The lowest BCUT2D eigenvalue weighted by atomic mass is 9.99. The predicted molar refractivity (Wildman–Crippen MR) is 346 cm³/mol. The van der Waals surface area contributed by atoms with Gasteiger partial charge in [0.2, 0.25) is 0 Å². The van der Waals surface area contributed by atoms with Crippen molar-refractivity contribution >= 4 is 120 Å². The highest BCUT2D eigenvalue weighted by molar-refractivity contribution is 7.26. The van der Waals surface area contributed by atoms with Crippen molar-refractivity contribution in [3.8, 4) is 33.6 Å². The molecule has 4 nitrogen and oxygen atoms in total. The molecule has 0 radical (unpaired) electrons. The van der Waals surface area contributed by atoms with Crippen LogP contribution in [0.15, 0.2) is 303 Å². The van der Waals surface area contributed by atoms with E-state index in [-0.39, 0.29) is 0 Å². The van der Waals surface area contributed by atoms with Crippen molar-refractivity contribution in [1.29, 1.82) is 0 Å². The molecule has 0 saturated carbocycles. The maximum atomic E-state index is 2.48. The molecule has 0 bridgehead atoms. The van der Waals surface area contributed by atoms with Gasteiger partial charge in [0.1, 0.15) is 0 Å². The summed E-state index contributed by atoms with van der Waals surface area (Å²) in [5, 5.41) is 9.83. The van der Waals surface area contributed by atoms with Crippen LogP contribution < -0.4 is 9.80 Å². The van der Waals surface area contributed by atoms with Crippen molar-refractivity contribution in [2.24, 2.45) is 0 Å². The number of para-hydroxylation sites is 7. The largest absolute Gasteiger partial charge is 0.310 e. The Labute approximate surface area is 473 Å². The van der Waals surface area contributed by atoms with Crippen LogP contribution in [-0.4, -0.2) is 9.13 Å². The Morgan fingerprint density at radius 1 is 0.272 bits per heavy atom. The van der Waals surface area contributed by atoms with Crippen LogP contribution in [0.4, 0.5) is 34.1 Å². The summed E-state index contributed by atoms with van der Waals surface area (Å²) >= 11 is 1.87. The summed E-state index contributed by atoms with van der Waals surface area (Å²) in [6.07, 6.45) is 0. The van der Waals surface area contributed by atoms with Crippen LogP contribution in [0.2, 0.25) is 0 Å². The number of hydrogen-bond donors (Lipinski definition) is 0. The van der Waals surface area contributed by atoms with Gasteiger partial charge in [0.05, 0.1) is 32.5 Å². The van der Waals surface area contributed by atoms with Crippen LogP contribution in [0, 0.1) is 0 Å². The Hall–Kier alpha value is -10.5. The van der Waals surface area contributed by atoms with Gasteiger partial charge in [0.15, 0.2) is 0 Å². The lowest BCUT2D eigenvalue weighted by Crippen LogP contribution is -2.13. The molecule has 5 heteroatoms. The molecule has 3 aromatic heterocycles. The molecule has 13 aromatic carbocycles. The molecule has 0 aliphatic rings. The number of thiophene rings is 1. The first-order valence-corrected chi connectivity index (χ1v) is 28.5. The van der Waals surface area contributed by atoms with E-state index in [0.29, 0.717) is 0 Å². The van der Waals surface area contributed by atoms with Crippen LogP contribution in [0.25, 0.3) is 108 Å². The second kappa shape index (κ2) is 19.2. The van der Waals surface area contributed by atoms with Gasteiger partial charge in [0.25, 0.3) is 0 Å². The second-order valence-electron chi connectivity index (χ2n) is 20.9. The Balaban J connectivity index is 0.928. The van der Waals surface area contributed by atoms with Gasteiger partial charge in [-0.1, -0.05) is 188 Å². The summed E-state index contributed by atoms with van der Waals surface area (Å²) in [4.78, 5) is 4.88. The number of nitrogens with zero attached hydrogens (tertiary/aromatic N) is 4. The van der Waals surface area contributed by atoms with E-state index < -0.39 is 0 Å². The normalized spacial score (nSPS) is 11.7. The van der Waals surface area contributed by atoms with Crippen molar-refractivity contribution in [2.45, 2.75) is 0 Å². The first kappa shape index (κ1) is 46.6. The van der Waals surface area contributed by atoms with Gasteiger partial charge in [-0.05, 0) is 137 Å². The number of fused-ring (bicyclic) bond motifs is 11. The van der Waals surface area contributed by atoms with Crippen LogP contribution in [0.5, 0.6) is 0 Å². The maximum absolute atomic E-state index is 2.48. The van der Waals surface area contributed by atoms with Crippen LogP contribution >= 0.6 is 11.3 Å². The Morgan fingerprint density at radius 3 is 1.51 bits per heavy atom. The Morgan fingerprint density at radius 2 is 0.802 bits per heavy atom. The molecule has 16 aromatic rings. The molecule has 81 heavy (non-hydrogen) atoms. The number of rotatable bonds is 10. The average Bonchev–Trinajstić information content (AvgIpc) is 4.40. The van der Waals surface area contributed by atoms with Crippen LogP contribution in [0.3, 0.4) is 0 Å². The smallest absolute Gasteiger partial charge is 0.0661 e. The second-order valence-corrected chi connectivity index (χ2v) is 21.9. The fourth-order valence-corrected chi connectivity index (χ4v) is 13.8. The summed E-state index contributed by atoms with van der Waals surface area (Å²) in [6.45, 7) is 0. The zero-order chi connectivity index (χ0) is 53.4. The fourth-order valence-electron chi connectivity index (χ4n) is 12.6. The Kier molecular flexibility index (Phi) is 11.0. The SMILES string of the molecule is c1ccc(N(c2ccccc2)c2cc(N(c3ccccc3)c3cccc(-c4cccc5c6ccccc6n(-c6ccccc6)c45)c3)c3sc4ccc(-c5ccc6c(c5)c5ccc7ccccc7c5n6-c5ccccc5)cc4c3c2)cc1. The molecule has 0 N–H and O–H groups in total. The summed E-state index contributed by atoms with van der Waals surface area (Å²) in [5.41, 5.74) is 18.2. The monoisotopic (exact) mass is 1050 g/mol. The minimum atomic E-state index is 1.07. The zero-order valence-electron chi connectivity index (χ0n) is 44.1. The minimum Gasteiger partial charge on any atom is -0.310 e. The zero-order valence-corrected chi connectivity index (χ0v) is 44.9. The molecule has 0 amide bonds. The molecule has 3 heterocycles. The molecule has 0 aliphatic heterocycles. The van der Waals surface area contributed by atoms with Gasteiger partial charge in [-0.25, -0.2) is 0 Å². The summed E-state index contributed by atoms with van der Waals surface area (Å²) in [5.74, 6) is 0. The first-order chi connectivity index (χ1) is 40.2. The van der Waals surface area contributed by atoms with Crippen molar-refractivity contribution in [2.75, 3.05) is 9.80 Å². The van der Waals surface area contributed by atoms with Crippen LogP contribution in [0.1, 0.15) is 0 Å². The van der Waals surface area contributed by atoms with E-state index in [9.17, 15) is 0 Å². The third kappa shape index (κ3) is 7.73. The molecule has 0 unspecified atom stereocenters. The quantitative estimate of drug-likeness (QED) is 0.136. The van der Waals surface area contributed by atoms with Gasteiger partial charge in [-0.15, -0.1) is 11.3 Å². The molecular weight excluding hydrogens is 1000 g/mol. The highest BCUT2D eigenvalue weighted by Crippen LogP contribution is 2.51. The summed E-state index contributed by atoms with van der Waals surface area (Å²) in [6, 6.07) is 111. The van der Waals surface area contributed by atoms with Crippen molar-refractivity contribution in [3.05, 3.63) is 303 Å².